The van der Waals surface area contributed by atoms with Crippen LogP contribution in [0.1, 0.15) is 16.7 Å². The van der Waals surface area contributed by atoms with Crippen molar-refractivity contribution in [1.82, 2.24) is 15.5 Å². The molecule has 5 nitrogen and oxygen atoms in total. The third-order valence-electron chi connectivity index (χ3n) is 3.96. The molecule has 0 aliphatic heterocycles. The number of guanidine groups is 1. The van der Waals surface area contributed by atoms with Crippen LogP contribution in [0.5, 0.6) is 5.75 Å². The van der Waals surface area contributed by atoms with Crippen molar-refractivity contribution < 1.29 is 9.13 Å². The Morgan fingerprint density at radius 2 is 1.82 bits per heavy atom. The third kappa shape index (κ3) is 8.43. The van der Waals surface area contributed by atoms with Crippen LogP contribution in [0.25, 0.3) is 0 Å². The summed E-state index contributed by atoms with van der Waals surface area (Å²) in [6, 6.07) is 13.2. The first kappa shape index (κ1) is 24.2. The predicted octanol–water partition coefficient (Wildman–Crippen LogP) is 3.56. The molecule has 0 heterocycles. The van der Waals surface area contributed by atoms with E-state index < -0.39 is 0 Å². The average Bonchev–Trinajstić information content (AvgIpc) is 2.64. The van der Waals surface area contributed by atoms with E-state index >= 15 is 0 Å². The fourth-order valence-corrected chi connectivity index (χ4v) is 2.58. The molecule has 28 heavy (non-hydrogen) atoms. The Morgan fingerprint density at radius 3 is 2.46 bits per heavy atom. The van der Waals surface area contributed by atoms with Gasteiger partial charge in [-0.05, 0) is 50.8 Å². The second kappa shape index (κ2) is 12.6. The van der Waals surface area contributed by atoms with Gasteiger partial charge in [-0.3, -0.25) is 4.99 Å². The molecule has 0 amide bonds. The van der Waals surface area contributed by atoms with Crippen molar-refractivity contribution in [3.8, 4) is 5.75 Å². The lowest BCUT2D eigenvalue weighted by atomic mass is 10.1. The fourth-order valence-electron chi connectivity index (χ4n) is 2.58. The highest BCUT2D eigenvalue weighted by Crippen LogP contribution is 2.12. The Labute approximate surface area is 184 Å². The zero-order valence-corrected chi connectivity index (χ0v) is 19.3. The van der Waals surface area contributed by atoms with Crippen LogP contribution in [0.3, 0.4) is 0 Å². The first-order valence-electron chi connectivity index (χ1n) is 9.04. The third-order valence-corrected chi connectivity index (χ3v) is 3.96. The van der Waals surface area contributed by atoms with Gasteiger partial charge in [0.05, 0.1) is 6.54 Å². The quantitative estimate of drug-likeness (QED) is 0.252. The summed E-state index contributed by atoms with van der Waals surface area (Å²) in [4.78, 5) is 6.15. The lowest BCUT2D eigenvalue weighted by molar-refractivity contribution is 0.322. The van der Waals surface area contributed by atoms with E-state index in [1.54, 1.807) is 13.1 Å². The number of benzene rings is 2. The zero-order chi connectivity index (χ0) is 19.6. The van der Waals surface area contributed by atoms with Crippen molar-refractivity contribution in [3.63, 3.8) is 0 Å². The average molecular weight is 500 g/mol. The molecule has 154 valence electrons. The summed E-state index contributed by atoms with van der Waals surface area (Å²) >= 11 is 0. The summed E-state index contributed by atoms with van der Waals surface area (Å²) in [6.45, 7) is 4.35. The van der Waals surface area contributed by atoms with Crippen LogP contribution in [0.2, 0.25) is 0 Å². The molecular weight excluding hydrogens is 470 g/mol. The number of hydrogen-bond donors (Lipinski definition) is 2. The van der Waals surface area contributed by atoms with Crippen LogP contribution in [0.4, 0.5) is 4.39 Å². The highest BCUT2D eigenvalue weighted by molar-refractivity contribution is 14.0. The van der Waals surface area contributed by atoms with Gasteiger partial charge in [-0.15, -0.1) is 24.0 Å². The highest BCUT2D eigenvalue weighted by Gasteiger charge is 2.06. The Balaban J connectivity index is 0.00000392. The van der Waals surface area contributed by atoms with E-state index in [0.717, 1.165) is 11.3 Å². The maximum atomic E-state index is 13.9. The molecule has 0 aromatic heterocycles. The van der Waals surface area contributed by atoms with Gasteiger partial charge in [0.25, 0.3) is 0 Å². The Hall–Kier alpha value is -1.87. The van der Waals surface area contributed by atoms with Crippen LogP contribution in [0, 0.1) is 12.7 Å². The van der Waals surface area contributed by atoms with Crippen molar-refractivity contribution in [2.75, 3.05) is 34.3 Å². The minimum atomic E-state index is -0.178. The summed E-state index contributed by atoms with van der Waals surface area (Å²) in [5.74, 6) is 1.36. The van der Waals surface area contributed by atoms with E-state index in [-0.39, 0.29) is 29.8 Å². The van der Waals surface area contributed by atoms with Crippen LogP contribution in [-0.4, -0.2) is 45.2 Å². The lowest BCUT2D eigenvalue weighted by Gasteiger charge is -2.14. The predicted molar refractivity (Wildman–Crippen MR) is 124 cm³/mol. The Morgan fingerprint density at radius 1 is 1.11 bits per heavy atom. The van der Waals surface area contributed by atoms with Crippen molar-refractivity contribution in [1.29, 1.82) is 0 Å². The molecule has 2 N–H and O–H groups in total. The lowest BCUT2D eigenvalue weighted by Crippen LogP contribution is -2.38. The minimum absolute atomic E-state index is 0. The zero-order valence-electron chi connectivity index (χ0n) is 17.0. The van der Waals surface area contributed by atoms with Crippen molar-refractivity contribution in [2.24, 2.45) is 4.99 Å². The molecule has 2 aromatic carbocycles. The summed E-state index contributed by atoms with van der Waals surface area (Å²) in [6.07, 6.45) is 0. The molecule has 0 bridgehead atoms. The minimum Gasteiger partial charge on any atom is -0.492 e. The van der Waals surface area contributed by atoms with E-state index in [0.29, 0.717) is 37.8 Å². The van der Waals surface area contributed by atoms with Gasteiger partial charge in [-0.2, -0.15) is 0 Å². The normalized spacial score (nSPS) is 11.1. The summed E-state index contributed by atoms with van der Waals surface area (Å²) in [5.41, 5.74) is 2.90. The van der Waals surface area contributed by atoms with Gasteiger partial charge >= 0.3 is 0 Å². The molecule has 0 fully saturated rings. The van der Waals surface area contributed by atoms with E-state index in [2.05, 4.69) is 15.6 Å². The smallest absolute Gasteiger partial charge is 0.191 e. The number of aliphatic imine (C=N–C) groups is 1. The molecule has 0 radical (unpaired) electrons. The number of nitrogens with one attached hydrogen (secondary N) is 2. The molecule has 0 atom stereocenters. The van der Waals surface area contributed by atoms with Crippen LogP contribution >= 0.6 is 24.0 Å². The second-order valence-electron chi connectivity index (χ2n) is 6.68. The largest absolute Gasteiger partial charge is 0.492 e. The van der Waals surface area contributed by atoms with Gasteiger partial charge in [0, 0.05) is 25.7 Å². The molecule has 2 aromatic rings. The molecule has 0 saturated heterocycles. The van der Waals surface area contributed by atoms with Gasteiger partial charge in [-0.25, -0.2) is 4.39 Å². The van der Waals surface area contributed by atoms with Gasteiger partial charge in [0.2, 0.25) is 0 Å². The standard InChI is InChI=1S/C21H29FN4O.HI/c1-16-5-8-19(9-6-16)27-12-11-24-21(23-2)25-14-17-7-10-20(22)18(13-17)15-26(3)4;/h5-10,13H,11-12,14-15H2,1-4H3,(H2,23,24,25);1H. The molecule has 7 heteroatoms. The summed E-state index contributed by atoms with van der Waals surface area (Å²) in [7, 11) is 5.57. The van der Waals surface area contributed by atoms with Crippen LogP contribution < -0.4 is 15.4 Å². The second-order valence-corrected chi connectivity index (χ2v) is 6.68. The van der Waals surface area contributed by atoms with Gasteiger partial charge in [0.15, 0.2) is 5.96 Å². The van der Waals surface area contributed by atoms with Gasteiger partial charge in [-0.1, -0.05) is 23.8 Å². The van der Waals surface area contributed by atoms with Crippen molar-refractivity contribution in [2.45, 2.75) is 20.0 Å². The number of nitrogens with zero attached hydrogens (tertiary/aromatic N) is 2. The maximum Gasteiger partial charge on any atom is 0.191 e. The first-order valence-corrected chi connectivity index (χ1v) is 9.04. The van der Waals surface area contributed by atoms with E-state index in [4.69, 9.17) is 4.74 Å². The monoisotopic (exact) mass is 500 g/mol. The number of hydrogen-bond acceptors (Lipinski definition) is 3. The van der Waals surface area contributed by atoms with Crippen LogP contribution in [0.15, 0.2) is 47.5 Å². The number of halogens is 2. The Kier molecular flexibility index (Phi) is 10.8. The fraction of sp³-hybridized carbons (Fsp3) is 0.381. The molecule has 0 aliphatic rings. The van der Waals surface area contributed by atoms with Gasteiger partial charge in [0.1, 0.15) is 18.2 Å². The van der Waals surface area contributed by atoms with E-state index in [9.17, 15) is 4.39 Å². The SMILES string of the molecule is CN=C(NCCOc1ccc(C)cc1)NCc1ccc(F)c(CN(C)C)c1.I. The number of aryl methyl sites for hydroxylation is 1. The number of rotatable bonds is 8. The highest BCUT2D eigenvalue weighted by atomic mass is 127. The van der Waals surface area contributed by atoms with E-state index in [1.807, 2.05) is 56.3 Å². The van der Waals surface area contributed by atoms with Crippen molar-refractivity contribution in [3.05, 3.63) is 65.0 Å². The molecule has 0 spiro atoms. The van der Waals surface area contributed by atoms with Gasteiger partial charge < -0.3 is 20.3 Å². The summed E-state index contributed by atoms with van der Waals surface area (Å²) < 4.78 is 19.6. The maximum absolute atomic E-state index is 13.9. The van der Waals surface area contributed by atoms with Crippen LogP contribution in [-0.2, 0) is 13.1 Å². The number of ether oxygens (including phenoxy) is 1. The van der Waals surface area contributed by atoms with Crippen molar-refractivity contribution >= 4 is 29.9 Å². The van der Waals surface area contributed by atoms with E-state index in [1.165, 1.54) is 11.6 Å². The molecular formula is C21H30FIN4O. The summed E-state index contributed by atoms with van der Waals surface area (Å²) in [5, 5.41) is 6.45. The molecule has 0 aliphatic carbocycles. The molecule has 0 saturated carbocycles. The molecule has 2 rings (SSSR count). The topological polar surface area (TPSA) is 48.9 Å². The Bertz CT molecular complexity index is 751. The first-order chi connectivity index (χ1) is 13.0. The molecule has 0 unspecified atom stereocenters.